The number of ether oxygens (including phenoxy) is 1. The van der Waals surface area contributed by atoms with Crippen molar-refractivity contribution in [3.05, 3.63) is 54.1 Å². The average molecular weight is 561 g/mol. The number of para-hydroxylation sites is 1. The maximum atomic E-state index is 14.6. The Morgan fingerprint density at radius 2 is 2.05 bits per heavy atom. The molecule has 0 aromatic heterocycles. The van der Waals surface area contributed by atoms with Gasteiger partial charge in [-0.15, -0.1) is 18.3 Å². The number of hydrogen-bond donors (Lipinski definition) is 1. The third-order valence-corrected chi connectivity index (χ3v) is 10.6. The van der Waals surface area contributed by atoms with E-state index in [2.05, 4.69) is 20.1 Å². The Morgan fingerprint density at radius 1 is 1.29 bits per heavy atom. The van der Waals surface area contributed by atoms with Gasteiger partial charge in [-0.25, -0.2) is 0 Å². The van der Waals surface area contributed by atoms with Crippen molar-refractivity contribution in [2.24, 2.45) is 17.8 Å². The molecule has 4 rings (SSSR count). The first-order valence-electron chi connectivity index (χ1n) is 13.3. The van der Waals surface area contributed by atoms with Gasteiger partial charge in [-0.2, -0.15) is 0 Å². The van der Waals surface area contributed by atoms with Crippen molar-refractivity contribution in [3.8, 4) is 0 Å². The lowest BCUT2D eigenvalue weighted by Gasteiger charge is -2.40. The number of anilines is 1. The number of carbonyl (C=O) groups is 3. The zero-order valence-corrected chi connectivity index (χ0v) is 23.7. The molecule has 6 atom stereocenters. The highest BCUT2D eigenvalue weighted by Gasteiger charge is 2.76. The molecule has 2 bridgehead atoms. The van der Waals surface area contributed by atoms with Gasteiger partial charge in [-0.1, -0.05) is 49.4 Å². The molecule has 3 aliphatic rings. The van der Waals surface area contributed by atoms with Crippen molar-refractivity contribution in [1.82, 2.24) is 4.90 Å². The van der Waals surface area contributed by atoms with Crippen molar-refractivity contribution in [3.63, 3.8) is 0 Å². The first-order chi connectivity index (χ1) is 18.2. The van der Waals surface area contributed by atoms with Crippen LogP contribution in [0.2, 0.25) is 5.02 Å². The SMILES string of the molecule is C=CCOC(=O)[C@@H]1[C@@H]2CC(C)C3(S2)C(C(=O)N(CC=C)c2c(C)cccc2Cl)N(CCCCCO)C(=O)[C@H]13. The van der Waals surface area contributed by atoms with Crippen LogP contribution in [0, 0.1) is 24.7 Å². The number of hydrogen-bond acceptors (Lipinski definition) is 6. The number of likely N-dealkylation sites (tertiary alicyclic amines) is 1. The van der Waals surface area contributed by atoms with Gasteiger partial charge in [-0.05, 0) is 50.2 Å². The van der Waals surface area contributed by atoms with Crippen LogP contribution < -0.4 is 4.90 Å². The number of thioether (sulfide) groups is 1. The molecule has 3 fully saturated rings. The summed E-state index contributed by atoms with van der Waals surface area (Å²) in [4.78, 5) is 45.4. The lowest BCUT2D eigenvalue weighted by Crippen LogP contribution is -2.57. The van der Waals surface area contributed by atoms with Crippen LogP contribution in [0.25, 0.3) is 0 Å². The van der Waals surface area contributed by atoms with E-state index in [1.165, 1.54) is 6.08 Å². The van der Waals surface area contributed by atoms with Crippen molar-refractivity contribution in [2.45, 2.75) is 55.6 Å². The highest BCUT2D eigenvalue weighted by molar-refractivity contribution is 8.02. The number of rotatable bonds is 12. The smallest absolute Gasteiger partial charge is 0.311 e. The number of aliphatic hydroxyl groups is 1. The number of carbonyl (C=O) groups excluding carboxylic acids is 3. The minimum absolute atomic E-state index is 0.0456. The molecule has 9 heteroatoms. The number of benzene rings is 1. The fourth-order valence-electron chi connectivity index (χ4n) is 6.65. The Kier molecular flexibility index (Phi) is 8.95. The summed E-state index contributed by atoms with van der Waals surface area (Å²) in [5.41, 5.74) is 1.46. The van der Waals surface area contributed by atoms with Crippen LogP contribution in [0.15, 0.2) is 43.5 Å². The first kappa shape index (κ1) is 28.7. The second kappa shape index (κ2) is 11.8. The lowest BCUT2D eigenvalue weighted by atomic mass is 9.66. The molecule has 38 heavy (non-hydrogen) atoms. The summed E-state index contributed by atoms with van der Waals surface area (Å²) < 4.78 is 4.70. The Morgan fingerprint density at radius 3 is 2.71 bits per heavy atom. The Bertz CT molecular complexity index is 1090. The Hall–Kier alpha value is -2.29. The summed E-state index contributed by atoms with van der Waals surface area (Å²) in [6, 6.07) is 4.74. The van der Waals surface area contributed by atoms with E-state index < -0.39 is 28.6 Å². The third-order valence-electron chi connectivity index (χ3n) is 8.19. The predicted molar refractivity (Wildman–Crippen MR) is 151 cm³/mol. The second-order valence-corrected chi connectivity index (χ2v) is 12.4. The van der Waals surface area contributed by atoms with E-state index in [1.54, 1.807) is 33.7 Å². The van der Waals surface area contributed by atoms with E-state index in [9.17, 15) is 19.5 Å². The van der Waals surface area contributed by atoms with Gasteiger partial charge in [0, 0.05) is 24.9 Å². The molecule has 2 amide bonds. The predicted octanol–water partition coefficient (Wildman–Crippen LogP) is 4.40. The highest BCUT2D eigenvalue weighted by Crippen LogP contribution is 2.69. The van der Waals surface area contributed by atoms with E-state index in [0.29, 0.717) is 30.1 Å². The molecule has 206 valence electrons. The number of halogens is 1. The fraction of sp³-hybridized carbons (Fsp3) is 0.552. The zero-order chi connectivity index (χ0) is 27.6. The Labute approximate surface area is 234 Å². The number of amides is 2. The monoisotopic (exact) mass is 560 g/mol. The minimum Gasteiger partial charge on any atom is -0.461 e. The van der Waals surface area contributed by atoms with Gasteiger partial charge in [0.1, 0.15) is 12.6 Å². The Balaban J connectivity index is 1.79. The molecule has 3 aliphatic heterocycles. The third kappa shape index (κ3) is 4.69. The summed E-state index contributed by atoms with van der Waals surface area (Å²) in [5.74, 6) is -1.96. The van der Waals surface area contributed by atoms with Gasteiger partial charge in [0.2, 0.25) is 5.91 Å². The standard InChI is InChI=1S/C29H37ClN2O5S/c1-5-13-31(24-18(3)11-10-12-20(24)30)27(35)25-29-19(4)17-21(38-29)22(28(36)37-16-6-2)23(29)26(34)32(25)14-8-7-9-15-33/h5-6,10-12,19,21-23,25,33H,1-2,7-9,13-17H2,3-4H3/t19?,21-,22+,23-,25?,29?/m0/s1. The number of esters is 1. The van der Waals surface area contributed by atoms with E-state index >= 15 is 0 Å². The van der Waals surface area contributed by atoms with Crippen molar-refractivity contribution in [1.29, 1.82) is 0 Å². The lowest BCUT2D eigenvalue weighted by molar-refractivity contribution is -0.153. The maximum Gasteiger partial charge on any atom is 0.311 e. The largest absolute Gasteiger partial charge is 0.461 e. The molecule has 1 spiro atoms. The molecule has 1 aromatic rings. The molecule has 1 N–H and O–H groups in total. The van der Waals surface area contributed by atoms with Gasteiger partial charge < -0.3 is 19.6 Å². The average Bonchev–Trinajstić information content (AvgIpc) is 3.48. The van der Waals surface area contributed by atoms with Gasteiger partial charge in [0.05, 0.1) is 27.3 Å². The number of fused-ring (bicyclic) bond motifs is 1. The summed E-state index contributed by atoms with van der Waals surface area (Å²) in [5, 5.41) is 9.62. The van der Waals surface area contributed by atoms with E-state index in [4.69, 9.17) is 16.3 Å². The molecule has 1 aromatic carbocycles. The van der Waals surface area contributed by atoms with E-state index in [1.807, 2.05) is 19.1 Å². The summed E-state index contributed by atoms with van der Waals surface area (Å²) in [6.45, 7) is 12.3. The molecule has 7 nitrogen and oxygen atoms in total. The topological polar surface area (TPSA) is 87.2 Å². The maximum absolute atomic E-state index is 14.6. The quantitative estimate of drug-likeness (QED) is 0.232. The van der Waals surface area contributed by atoms with Gasteiger partial charge in [-0.3, -0.25) is 14.4 Å². The molecule has 3 unspecified atom stereocenters. The zero-order valence-electron chi connectivity index (χ0n) is 22.1. The van der Waals surface area contributed by atoms with Crippen LogP contribution >= 0.6 is 23.4 Å². The minimum atomic E-state index is -0.757. The van der Waals surface area contributed by atoms with Crippen LogP contribution in [0.3, 0.4) is 0 Å². The van der Waals surface area contributed by atoms with Crippen LogP contribution in [-0.2, 0) is 19.1 Å². The van der Waals surface area contributed by atoms with Crippen LogP contribution in [0.4, 0.5) is 5.69 Å². The van der Waals surface area contributed by atoms with Crippen molar-refractivity contribution < 1.29 is 24.2 Å². The molecule has 3 heterocycles. The summed E-state index contributed by atoms with van der Waals surface area (Å²) >= 11 is 8.24. The second-order valence-electron chi connectivity index (χ2n) is 10.4. The molecular formula is C29H37ClN2O5S. The normalized spacial score (nSPS) is 29.3. The van der Waals surface area contributed by atoms with E-state index in [-0.39, 0.29) is 42.7 Å². The van der Waals surface area contributed by atoms with Crippen LogP contribution in [0.5, 0.6) is 0 Å². The van der Waals surface area contributed by atoms with Crippen LogP contribution in [-0.4, -0.2) is 70.1 Å². The molecule has 0 radical (unpaired) electrons. The van der Waals surface area contributed by atoms with Gasteiger partial charge in [0.15, 0.2) is 0 Å². The summed E-state index contributed by atoms with van der Waals surface area (Å²) in [6.07, 6.45) is 5.92. The van der Waals surface area contributed by atoms with Gasteiger partial charge in [0.25, 0.3) is 5.91 Å². The van der Waals surface area contributed by atoms with Crippen LogP contribution in [0.1, 0.15) is 38.2 Å². The summed E-state index contributed by atoms with van der Waals surface area (Å²) in [7, 11) is 0. The fourth-order valence-corrected chi connectivity index (χ4v) is 9.38. The number of aryl methyl sites for hydroxylation is 1. The number of aliphatic hydroxyl groups excluding tert-OH is 1. The molecule has 3 saturated heterocycles. The number of nitrogens with zero attached hydrogens (tertiary/aromatic N) is 2. The van der Waals surface area contributed by atoms with Crippen molar-refractivity contribution in [2.75, 3.05) is 31.2 Å². The molecule has 0 aliphatic carbocycles. The molecular weight excluding hydrogens is 524 g/mol. The van der Waals surface area contributed by atoms with Crippen molar-refractivity contribution >= 4 is 46.8 Å². The highest BCUT2D eigenvalue weighted by atomic mass is 35.5. The number of unbranched alkanes of at least 4 members (excludes halogenated alkanes) is 2. The van der Waals surface area contributed by atoms with E-state index in [0.717, 1.165) is 18.4 Å². The first-order valence-corrected chi connectivity index (χ1v) is 14.5. The molecule has 0 saturated carbocycles. The van der Waals surface area contributed by atoms with Gasteiger partial charge >= 0.3 is 5.97 Å².